The molecule has 10 nitrogen and oxygen atoms in total. The second kappa shape index (κ2) is 9.37. The van der Waals surface area contributed by atoms with E-state index in [1.165, 1.54) is 35.3 Å². The molecule has 0 saturated heterocycles. The van der Waals surface area contributed by atoms with E-state index in [2.05, 4.69) is 20.1 Å². The van der Waals surface area contributed by atoms with Crippen LogP contribution in [0.5, 0.6) is 0 Å². The topological polar surface area (TPSA) is 123 Å². The maximum Gasteiger partial charge on any atom is 0.417 e. The molecule has 5 aromatic rings. The van der Waals surface area contributed by atoms with E-state index in [0.717, 1.165) is 22.2 Å². The molecule has 2 N–H and O–H groups in total. The van der Waals surface area contributed by atoms with Gasteiger partial charge in [-0.15, -0.1) is 11.3 Å². The number of hydrogen-bond donors (Lipinski definition) is 1. The average molecular weight is 541 g/mol. The number of nitrogens with zero attached hydrogens (tertiary/aromatic N) is 7. The number of aromatic nitrogens is 5. The summed E-state index contributed by atoms with van der Waals surface area (Å²) in [6.07, 6.45) is -2.29. The number of thiazole rings is 1. The van der Waals surface area contributed by atoms with E-state index in [9.17, 15) is 22.8 Å². The third-order valence-electron chi connectivity index (χ3n) is 5.96. The highest BCUT2D eigenvalue weighted by Gasteiger charge is 2.31. The molecule has 0 bridgehead atoms. The Kier molecular flexibility index (Phi) is 6.18. The fourth-order valence-corrected chi connectivity index (χ4v) is 4.51. The Bertz CT molecular complexity index is 1670. The quantitative estimate of drug-likeness (QED) is 0.343. The van der Waals surface area contributed by atoms with Gasteiger partial charge in [0.2, 0.25) is 0 Å². The summed E-state index contributed by atoms with van der Waals surface area (Å²) in [6, 6.07) is 6.81. The predicted octanol–water partition coefficient (Wildman–Crippen LogP) is 3.90. The Morgan fingerprint density at radius 2 is 1.87 bits per heavy atom. The molecular weight excluding hydrogens is 521 g/mol. The number of rotatable bonds is 4. The number of pyridine rings is 2. The maximum absolute atomic E-state index is 13.8. The van der Waals surface area contributed by atoms with Crippen LogP contribution in [0.4, 0.5) is 19.0 Å². The molecule has 5 rings (SSSR count). The number of halogens is 3. The Balaban J connectivity index is 1.56. The van der Waals surface area contributed by atoms with E-state index in [0.29, 0.717) is 33.8 Å². The number of nitrogens with two attached hydrogens (primary N) is 1. The number of aryl methyl sites for hydroxylation is 1. The van der Waals surface area contributed by atoms with Crippen molar-refractivity contribution in [3.8, 4) is 0 Å². The summed E-state index contributed by atoms with van der Waals surface area (Å²) in [5.74, 6) is -0.870. The van der Waals surface area contributed by atoms with E-state index in [1.54, 1.807) is 30.1 Å². The van der Waals surface area contributed by atoms with Gasteiger partial charge in [0.15, 0.2) is 0 Å². The molecule has 0 fully saturated rings. The summed E-state index contributed by atoms with van der Waals surface area (Å²) < 4.78 is 40.6. The van der Waals surface area contributed by atoms with Crippen LogP contribution in [-0.2, 0) is 19.8 Å². The number of amides is 2. The van der Waals surface area contributed by atoms with Gasteiger partial charge in [-0.05, 0) is 30.3 Å². The predicted molar refractivity (Wildman–Crippen MR) is 134 cm³/mol. The molecule has 0 radical (unpaired) electrons. The molecule has 4 heterocycles. The Hall–Kier alpha value is -4.59. The minimum absolute atomic E-state index is 0.116. The van der Waals surface area contributed by atoms with Crippen molar-refractivity contribution in [3.63, 3.8) is 0 Å². The van der Waals surface area contributed by atoms with E-state index in [-0.39, 0.29) is 23.5 Å². The van der Waals surface area contributed by atoms with Crippen LogP contribution in [0.3, 0.4) is 0 Å². The smallest absolute Gasteiger partial charge is 0.383 e. The van der Waals surface area contributed by atoms with Crippen LogP contribution in [0.25, 0.3) is 21.8 Å². The van der Waals surface area contributed by atoms with Crippen molar-refractivity contribution in [3.05, 3.63) is 76.1 Å². The van der Waals surface area contributed by atoms with E-state index in [1.807, 2.05) is 0 Å². The van der Waals surface area contributed by atoms with Crippen molar-refractivity contribution in [2.24, 2.45) is 7.05 Å². The number of carbonyl (C=O) groups excluding carboxylic acids is 2. The van der Waals surface area contributed by atoms with E-state index in [4.69, 9.17) is 5.73 Å². The monoisotopic (exact) mass is 540 g/mol. The summed E-state index contributed by atoms with van der Waals surface area (Å²) in [7, 11) is 3.12. The number of anilines is 1. The molecule has 2 amide bonds. The molecular formula is C24H19F3N8O2S. The van der Waals surface area contributed by atoms with Crippen molar-refractivity contribution in [2.75, 3.05) is 12.8 Å². The first-order chi connectivity index (χ1) is 18.0. The summed E-state index contributed by atoms with van der Waals surface area (Å²) >= 11 is 1.21. The van der Waals surface area contributed by atoms with Gasteiger partial charge in [-0.3, -0.25) is 19.3 Å². The second-order valence-corrected chi connectivity index (χ2v) is 9.08. The number of hydrogen-bond acceptors (Lipinski definition) is 8. The van der Waals surface area contributed by atoms with Crippen molar-refractivity contribution in [1.82, 2.24) is 34.8 Å². The van der Waals surface area contributed by atoms with Crippen molar-refractivity contribution < 1.29 is 22.8 Å². The van der Waals surface area contributed by atoms with Crippen LogP contribution in [0.2, 0.25) is 0 Å². The van der Waals surface area contributed by atoms with Gasteiger partial charge in [0, 0.05) is 36.6 Å². The zero-order valence-electron chi connectivity index (χ0n) is 20.0. The largest absolute Gasteiger partial charge is 0.417 e. The minimum Gasteiger partial charge on any atom is -0.383 e. The van der Waals surface area contributed by atoms with Gasteiger partial charge in [-0.2, -0.15) is 18.3 Å². The third kappa shape index (κ3) is 4.49. The first-order valence-electron chi connectivity index (χ1n) is 11.1. The van der Waals surface area contributed by atoms with E-state index >= 15 is 0 Å². The maximum atomic E-state index is 13.8. The zero-order valence-corrected chi connectivity index (χ0v) is 20.8. The molecule has 0 aliphatic carbocycles. The number of fused-ring (bicyclic) bond motifs is 3. The van der Waals surface area contributed by atoms with Crippen LogP contribution >= 0.6 is 11.3 Å². The summed E-state index contributed by atoms with van der Waals surface area (Å²) in [4.78, 5) is 39.1. The van der Waals surface area contributed by atoms with Gasteiger partial charge in [-0.25, -0.2) is 20.0 Å². The normalized spacial score (nSPS) is 11.7. The Morgan fingerprint density at radius 1 is 1.08 bits per heavy atom. The standard InChI is InChI=1S/C24H19F3N8O2S/c1-33-20-16-7-13(3-6-18(16)32-21(28)17(20)9-31-33)22(36)35(34(2)23(37)19-11-38-12-30-19)10-15-5-4-14(8-29-15)24(25,26)27/h3-9,11-12H,10H2,1-2H3,(H2,28,32). The zero-order chi connectivity index (χ0) is 27.2. The van der Waals surface area contributed by atoms with Gasteiger partial charge >= 0.3 is 6.18 Å². The number of hydrazine groups is 1. The average Bonchev–Trinajstić information content (AvgIpc) is 3.57. The molecule has 1 aromatic carbocycles. The molecule has 0 aliphatic heterocycles. The molecule has 38 heavy (non-hydrogen) atoms. The van der Waals surface area contributed by atoms with E-state index < -0.39 is 23.6 Å². The molecule has 0 unspecified atom stereocenters. The molecule has 0 aliphatic rings. The summed E-state index contributed by atoms with van der Waals surface area (Å²) in [5.41, 5.74) is 8.29. The first-order valence-corrected chi connectivity index (χ1v) is 12.0. The van der Waals surface area contributed by atoms with Crippen molar-refractivity contribution >= 4 is 50.8 Å². The van der Waals surface area contributed by atoms with Crippen LogP contribution in [-0.4, -0.2) is 53.6 Å². The summed E-state index contributed by atoms with van der Waals surface area (Å²) in [6.45, 7) is -0.275. The third-order valence-corrected chi connectivity index (χ3v) is 6.55. The van der Waals surface area contributed by atoms with Gasteiger partial charge in [0.1, 0.15) is 11.5 Å². The minimum atomic E-state index is -4.56. The fourth-order valence-electron chi connectivity index (χ4n) is 3.99. The van der Waals surface area contributed by atoms with Crippen LogP contribution < -0.4 is 5.73 Å². The van der Waals surface area contributed by atoms with Gasteiger partial charge in [-0.1, -0.05) is 0 Å². The molecule has 14 heteroatoms. The lowest BCUT2D eigenvalue weighted by atomic mass is 10.1. The first kappa shape index (κ1) is 25.1. The van der Waals surface area contributed by atoms with Crippen molar-refractivity contribution in [1.29, 1.82) is 0 Å². The van der Waals surface area contributed by atoms with Crippen LogP contribution in [0.15, 0.2) is 53.6 Å². The Labute approximate surface area is 217 Å². The van der Waals surface area contributed by atoms with Crippen molar-refractivity contribution in [2.45, 2.75) is 12.7 Å². The highest BCUT2D eigenvalue weighted by Crippen LogP contribution is 2.30. The number of nitrogen functional groups attached to an aromatic ring is 1. The highest BCUT2D eigenvalue weighted by molar-refractivity contribution is 7.07. The van der Waals surface area contributed by atoms with Crippen LogP contribution in [0, 0.1) is 0 Å². The molecule has 0 saturated carbocycles. The number of alkyl halides is 3. The number of benzene rings is 1. The highest BCUT2D eigenvalue weighted by atomic mass is 32.1. The molecule has 0 spiro atoms. The fraction of sp³-hybridized carbons (Fsp3) is 0.167. The van der Waals surface area contributed by atoms with Gasteiger partial charge in [0.25, 0.3) is 11.8 Å². The lowest BCUT2D eigenvalue weighted by molar-refractivity contribution is -0.137. The second-order valence-electron chi connectivity index (χ2n) is 8.36. The molecule has 194 valence electrons. The number of carbonyl (C=O) groups is 2. The van der Waals surface area contributed by atoms with Crippen LogP contribution in [0.1, 0.15) is 32.1 Å². The SMILES string of the molecule is CN(C(=O)c1cscn1)N(Cc1ccc(C(F)(F)F)cn1)C(=O)c1ccc2nc(N)c3cnn(C)c3c2c1. The summed E-state index contributed by atoms with van der Waals surface area (Å²) in [5, 5.41) is 9.16. The molecule has 0 atom stereocenters. The van der Waals surface area contributed by atoms with Gasteiger partial charge in [0.05, 0.1) is 45.9 Å². The lowest BCUT2D eigenvalue weighted by Crippen LogP contribution is -2.47. The molecule has 4 aromatic heterocycles. The Morgan fingerprint density at radius 3 is 2.53 bits per heavy atom. The lowest BCUT2D eigenvalue weighted by Gasteiger charge is -2.31. The van der Waals surface area contributed by atoms with Gasteiger partial charge < -0.3 is 5.73 Å².